The molecule has 7 nitrogen and oxygen atoms in total. The summed E-state index contributed by atoms with van der Waals surface area (Å²) in [7, 11) is 3.05. The van der Waals surface area contributed by atoms with Gasteiger partial charge in [-0.25, -0.2) is 14.4 Å². The van der Waals surface area contributed by atoms with Crippen LogP contribution in [0.4, 0.5) is 4.79 Å². The summed E-state index contributed by atoms with van der Waals surface area (Å²) in [5.74, 6) is -0.807. The Bertz CT molecular complexity index is 476. The van der Waals surface area contributed by atoms with Crippen molar-refractivity contribution in [2.75, 3.05) is 26.6 Å². The van der Waals surface area contributed by atoms with Crippen LogP contribution in [0, 0.1) is 0 Å². The Morgan fingerprint density at radius 2 is 2.26 bits per heavy atom. The molecule has 0 spiro atoms. The summed E-state index contributed by atoms with van der Waals surface area (Å²) in [6, 6.07) is 0. The number of thioether (sulfide) groups is 1. The highest BCUT2D eigenvalue weighted by molar-refractivity contribution is 8.00. The van der Waals surface area contributed by atoms with Crippen molar-refractivity contribution in [1.29, 1.82) is 0 Å². The molecule has 2 rings (SSSR count). The van der Waals surface area contributed by atoms with Gasteiger partial charge >= 0.3 is 18.0 Å². The third kappa shape index (κ3) is 2.10. The molecule has 2 aliphatic rings. The molecule has 2 atom stereocenters. The summed E-state index contributed by atoms with van der Waals surface area (Å²) in [5, 5.41) is 9.05. The number of carboxylic acids is 1. The first kappa shape index (κ1) is 13.9. The Kier molecular flexibility index (Phi) is 3.55. The van der Waals surface area contributed by atoms with E-state index in [2.05, 4.69) is 0 Å². The third-order valence-corrected chi connectivity index (χ3v) is 4.53. The molecular formula is C11H15N2O5S+. The number of hydrogen-bond acceptors (Lipinski definition) is 5. The normalized spacial score (nSPS) is 28.8. The van der Waals surface area contributed by atoms with Gasteiger partial charge in [-0.3, -0.25) is 0 Å². The SMILES string of the molecule is CN(C)C(=O)OC[N+]12C(=O)C[C@@H]1SCC=C2C(=O)O. The van der Waals surface area contributed by atoms with Crippen LogP contribution in [0.1, 0.15) is 6.42 Å². The lowest BCUT2D eigenvalue weighted by molar-refractivity contribution is -0.869. The molecule has 0 radical (unpaired) electrons. The topological polar surface area (TPSA) is 83.9 Å². The number of carbonyl (C=O) groups is 3. The first-order valence-electron chi connectivity index (χ1n) is 5.70. The van der Waals surface area contributed by atoms with Crippen molar-refractivity contribution >= 4 is 29.7 Å². The number of β-lactam (4-membered cyclic amide) rings is 1. The van der Waals surface area contributed by atoms with Crippen LogP contribution in [0.25, 0.3) is 0 Å². The predicted molar refractivity (Wildman–Crippen MR) is 66.9 cm³/mol. The Morgan fingerprint density at radius 1 is 1.58 bits per heavy atom. The van der Waals surface area contributed by atoms with E-state index in [1.165, 1.54) is 36.8 Å². The van der Waals surface area contributed by atoms with E-state index in [1.54, 1.807) is 0 Å². The Labute approximate surface area is 114 Å². The van der Waals surface area contributed by atoms with Crippen molar-refractivity contribution < 1.29 is 28.7 Å². The highest BCUT2D eigenvalue weighted by atomic mass is 32.2. The number of ether oxygens (including phenoxy) is 1. The van der Waals surface area contributed by atoms with Crippen molar-refractivity contribution in [2.45, 2.75) is 11.8 Å². The van der Waals surface area contributed by atoms with Gasteiger partial charge in [0.2, 0.25) is 12.4 Å². The fraction of sp³-hybridized carbons (Fsp3) is 0.545. The number of fused-ring (bicyclic) bond motifs is 1. The molecule has 104 valence electrons. The van der Waals surface area contributed by atoms with Crippen LogP contribution >= 0.6 is 11.8 Å². The minimum Gasteiger partial charge on any atom is -0.474 e. The average Bonchev–Trinajstić information content (AvgIpc) is 2.34. The maximum absolute atomic E-state index is 11.9. The van der Waals surface area contributed by atoms with Gasteiger partial charge in [0, 0.05) is 19.8 Å². The minimum absolute atomic E-state index is 0.00607. The summed E-state index contributed by atoms with van der Waals surface area (Å²) in [6.45, 7) is -0.258. The lowest BCUT2D eigenvalue weighted by atomic mass is 10.1. The first-order valence-corrected chi connectivity index (χ1v) is 6.75. The standard InChI is InChI=1S/C11H14N2O5S/c1-12(2)11(17)18-6-13-7(10(15)16)3-4-19-9(13)5-8(13)14/h3,9H,4-6H2,1-2H3/p+1/t9-,13?/m0/s1. The van der Waals surface area contributed by atoms with Gasteiger partial charge in [0.1, 0.15) is 6.42 Å². The second kappa shape index (κ2) is 4.86. The molecule has 0 aromatic rings. The van der Waals surface area contributed by atoms with Gasteiger partial charge < -0.3 is 14.7 Å². The molecule has 0 aromatic carbocycles. The van der Waals surface area contributed by atoms with Crippen molar-refractivity contribution in [2.24, 2.45) is 0 Å². The van der Waals surface area contributed by atoms with E-state index in [-0.39, 0.29) is 28.2 Å². The van der Waals surface area contributed by atoms with Gasteiger partial charge in [0.15, 0.2) is 5.37 Å². The molecule has 0 saturated carbocycles. The zero-order chi connectivity index (χ0) is 14.2. The lowest BCUT2D eigenvalue weighted by Crippen LogP contribution is -2.70. The van der Waals surface area contributed by atoms with Crippen LogP contribution in [-0.4, -0.2) is 64.4 Å². The Balaban J connectivity index is 2.23. The molecule has 19 heavy (non-hydrogen) atoms. The second-order valence-electron chi connectivity index (χ2n) is 4.58. The van der Waals surface area contributed by atoms with Crippen LogP contribution in [0.5, 0.6) is 0 Å². The van der Waals surface area contributed by atoms with E-state index in [4.69, 9.17) is 4.74 Å². The molecular weight excluding hydrogens is 272 g/mol. The summed E-state index contributed by atoms with van der Waals surface area (Å²) < 4.78 is 4.65. The lowest BCUT2D eigenvalue weighted by Gasteiger charge is -2.48. The molecule has 2 amide bonds. The zero-order valence-electron chi connectivity index (χ0n) is 10.7. The summed E-state index contributed by atoms with van der Waals surface area (Å²) >= 11 is 1.50. The van der Waals surface area contributed by atoms with Gasteiger partial charge in [0.05, 0.1) is 0 Å². The number of aliphatic carboxylic acids is 1. The number of amides is 2. The minimum atomic E-state index is -1.14. The van der Waals surface area contributed by atoms with E-state index in [0.717, 1.165) is 0 Å². The Morgan fingerprint density at radius 3 is 2.79 bits per heavy atom. The van der Waals surface area contributed by atoms with Crippen LogP contribution in [0.15, 0.2) is 11.8 Å². The van der Waals surface area contributed by atoms with E-state index in [1.807, 2.05) is 0 Å². The molecule has 2 heterocycles. The van der Waals surface area contributed by atoms with Crippen molar-refractivity contribution in [1.82, 2.24) is 4.90 Å². The van der Waals surface area contributed by atoms with E-state index in [0.29, 0.717) is 12.2 Å². The van der Waals surface area contributed by atoms with Crippen LogP contribution in [-0.2, 0) is 14.3 Å². The number of carboxylic acid groups (broad SMARTS) is 1. The number of rotatable bonds is 3. The molecule has 0 bridgehead atoms. The zero-order valence-corrected chi connectivity index (χ0v) is 11.5. The van der Waals surface area contributed by atoms with Crippen LogP contribution in [0.3, 0.4) is 0 Å². The second-order valence-corrected chi connectivity index (χ2v) is 5.79. The van der Waals surface area contributed by atoms with Gasteiger partial charge in [-0.2, -0.15) is 4.48 Å². The van der Waals surface area contributed by atoms with Gasteiger partial charge in [-0.1, -0.05) is 11.8 Å². The molecule has 1 fully saturated rings. The maximum Gasteiger partial charge on any atom is 0.413 e. The maximum atomic E-state index is 11.9. The number of quaternary nitrogens is 1. The van der Waals surface area contributed by atoms with Crippen LogP contribution in [0.2, 0.25) is 0 Å². The number of hydrogen-bond donors (Lipinski definition) is 1. The number of carbonyl (C=O) groups excluding carboxylic acids is 2. The molecule has 1 saturated heterocycles. The predicted octanol–water partition coefficient (Wildman–Crippen LogP) is 0.431. The molecule has 2 aliphatic heterocycles. The fourth-order valence-electron chi connectivity index (χ4n) is 2.16. The summed E-state index contributed by atoms with van der Waals surface area (Å²) in [4.78, 5) is 35.9. The monoisotopic (exact) mass is 287 g/mol. The number of nitrogens with zero attached hydrogens (tertiary/aromatic N) is 2. The molecule has 8 heteroatoms. The third-order valence-electron chi connectivity index (χ3n) is 3.26. The highest BCUT2D eigenvalue weighted by Gasteiger charge is 2.62. The van der Waals surface area contributed by atoms with Crippen molar-refractivity contribution in [3.05, 3.63) is 11.8 Å². The van der Waals surface area contributed by atoms with Crippen LogP contribution < -0.4 is 0 Å². The van der Waals surface area contributed by atoms with Gasteiger partial charge in [-0.15, -0.1) is 0 Å². The molecule has 0 aromatic heterocycles. The first-order chi connectivity index (χ1) is 8.89. The molecule has 0 aliphatic carbocycles. The average molecular weight is 287 g/mol. The summed E-state index contributed by atoms with van der Waals surface area (Å²) in [5.41, 5.74) is 0.00607. The van der Waals surface area contributed by atoms with E-state index >= 15 is 0 Å². The Hall–Kier alpha value is -1.54. The quantitative estimate of drug-likeness (QED) is 0.598. The smallest absolute Gasteiger partial charge is 0.413 e. The van der Waals surface area contributed by atoms with Crippen molar-refractivity contribution in [3.8, 4) is 0 Å². The fourth-order valence-corrected chi connectivity index (χ4v) is 3.44. The molecule has 1 unspecified atom stereocenters. The van der Waals surface area contributed by atoms with Crippen molar-refractivity contribution in [3.63, 3.8) is 0 Å². The largest absolute Gasteiger partial charge is 0.474 e. The van der Waals surface area contributed by atoms with Gasteiger partial charge in [-0.05, 0) is 6.08 Å². The van der Waals surface area contributed by atoms with E-state index < -0.39 is 12.1 Å². The summed E-state index contributed by atoms with van der Waals surface area (Å²) in [6.07, 6.45) is 1.24. The molecule has 1 N–H and O–H groups in total. The van der Waals surface area contributed by atoms with E-state index in [9.17, 15) is 19.5 Å². The van der Waals surface area contributed by atoms with Gasteiger partial charge in [0.25, 0.3) is 0 Å². The highest BCUT2D eigenvalue weighted by Crippen LogP contribution is 2.45.